The zero-order valence-corrected chi connectivity index (χ0v) is 12.8. The monoisotopic (exact) mass is 316 g/mol. The van der Waals surface area contributed by atoms with E-state index in [1.54, 1.807) is 12.1 Å². The van der Waals surface area contributed by atoms with Crippen LogP contribution < -0.4 is 9.47 Å². The third-order valence-electron chi connectivity index (χ3n) is 5.53. The van der Waals surface area contributed by atoms with E-state index in [4.69, 9.17) is 9.47 Å². The van der Waals surface area contributed by atoms with Crippen molar-refractivity contribution in [1.82, 2.24) is 4.90 Å². The highest BCUT2D eigenvalue weighted by Crippen LogP contribution is 2.50. The summed E-state index contributed by atoms with van der Waals surface area (Å²) < 4.78 is 23.4. The lowest BCUT2D eigenvalue weighted by atomic mass is 9.65. The summed E-state index contributed by atoms with van der Waals surface area (Å²) in [5.74, 6) is 0.741. The van der Waals surface area contributed by atoms with Crippen LogP contribution in [0.15, 0.2) is 12.1 Å². The Morgan fingerprint density at radius 3 is 3.00 bits per heavy atom. The Balaban J connectivity index is 1.83. The van der Waals surface area contributed by atoms with Crippen molar-refractivity contribution >= 4 is 5.78 Å². The quantitative estimate of drug-likeness (QED) is 0.795. The minimum atomic E-state index is -1.86. The Labute approximate surface area is 133 Å². The zero-order chi connectivity index (χ0) is 16.2. The molecular weight excluding hydrogens is 299 g/mol. The number of hydrogen-bond acceptors (Lipinski definition) is 5. The van der Waals surface area contributed by atoms with E-state index in [-0.39, 0.29) is 34.3 Å². The summed E-state index contributed by atoms with van der Waals surface area (Å²) in [6, 6.07) is 5.76. The van der Waals surface area contributed by atoms with Crippen LogP contribution >= 0.6 is 0 Å². The van der Waals surface area contributed by atoms with Gasteiger partial charge in [-0.05, 0) is 44.1 Å². The summed E-state index contributed by atoms with van der Waals surface area (Å²) in [4.78, 5) is 14.1. The number of ether oxygens (including phenoxy) is 2. The van der Waals surface area contributed by atoms with Gasteiger partial charge < -0.3 is 14.4 Å². The smallest absolute Gasteiger partial charge is 0.397 e. The number of hydrogen-bond donors (Lipinski definition) is 0. The molecule has 1 aromatic rings. The number of rotatable bonds is 1. The number of likely N-dealkylation sites (tertiary alicyclic amines) is 1. The third-order valence-corrected chi connectivity index (χ3v) is 5.53. The number of benzene rings is 1. The molecule has 6 heteroatoms. The van der Waals surface area contributed by atoms with Crippen LogP contribution in [0.25, 0.3) is 0 Å². The molecule has 0 aromatic heterocycles. The average Bonchev–Trinajstić information content (AvgIpc) is 3.07. The molecule has 0 spiro atoms. The van der Waals surface area contributed by atoms with Crippen LogP contribution in [-0.2, 0) is 10.2 Å². The van der Waals surface area contributed by atoms with E-state index in [0.29, 0.717) is 12.8 Å². The van der Waals surface area contributed by atoms with Gasteiger partial charge in [-0.3, -0.25) is 4.79 Å². The van der Waals surface area contributed by atoms with Gasteiger partial charge in [-0.25, -0.2) is 0 Å². The average molecular weight is 316 g/mol. The maximum Gasteiger partial charge on any atom is 0.397 e. The maximum absolute atomic E-state index is 13.4. The number of fused-ring (bicyclic) bond motifs is 2. The number of nitrogens with zero attached hydrogens (tertiary/aromatic N) is 2. The van der Waals surface area contributed by atoms with Gasteiger partial charge in [0.15, 0.2) is 11.5 Å². The van der Waals surface area contributed by atoms with E-state index in [2.05, 4.69) is 11.0 Å². The molecule has 0 unspecified atom stereocenters. The molecule has 2 aliphatic heterocycles. The second-order valence-corrected chi connectivity index (χ2v) is 6.62. The minimum absolute atomic E-state index is 0.122. The molecule has 0 bridgehead atoms. The van der Waals surface area contributed by atoms with Crippen LogP contribution in [0, 0.1) is 11.3 Å². The largest absolute Gasteiger partial charge is 0.425 e. The van der Waals surface area contributed by atoms with E-state index in [9.17, 15) is 14.4 Å². The van der Waals surface area contributed by atoms with Crippen molar-refractivity contribution in [2.24, 2.45) is 0 Å². The predicted octanol–water partition coefficient (Wildman–Crippen LogP) is 2.28. The summed E-state index contributed by atoms with van der Waals surface area (Å²) >= 11 is 0. The summed E-state index contributed by atoms with van der Waals surface area (Å²) in [6.45, 7) is -0.958. The summed E-state index contributed by atoms with van der Waals surface area (Å²) in [5, 5.41) is 9.37. The number of carbonyl (C=O) groups is 1. The number of halogens is 1. The van der Waals surface area contributed by atoms with Crippen LogP contribution in [0.2, 0.25) is 0 Å². The number of likely N-dealkylation sites (N-methyl/N-ethyl adjacent to an activating group) is 1. The Hall–Kier alpha value is -2.13. The molecule has 5 nitrogen and oxygen atoms in total. The van der Waals surface area contributed by atoms with Crippen LogP contribution in [0.4, 0.5) is 4.39 Å². The second kappa shape index (κ2) is 4.93. The Morgan fingerprint density at radius 1 is 1.39 bits per heavy atom. The van der Waals surface area contributed by atoms with Crippen molar-refractivity contribution in [1.29, 1.82) is 5.26 Å². The number of ketones is 1. The first-order chi connectivity index (χ1) is 11.0. The highest BCUT2D eigenvalue weighted by Gasteiger charge is 2.50. The van der Waals surface area contributed by atoms with Crippen molar-refractivity contribution in [3.05, 3.63) is 23.3 Å². The highest BCUT2D eigenvalue weighted by atomic mass is 19.2. The van der Waals surface area contributed by atoms with Crippen molar-refractivity contribution in [3.63, 3.8) is 0 Å². The Kier molecular flexibility index (Phi) is 3.10. The molecular formula is C17H17FN2O3. The SMILES string of the molecule is CN1CC[C@]2(c3cc(C#N)c4c(c3)O[C@H](F)O4)CCC(=O)C[C@H]12. The molecule has 4 rings (SSSR count). The van der Waals surface area contributed by atoms with Crippen molar-refractivity contribution in [2.75, 3.05) is 13.6 Å². The number of nitriles is 1. The van der Waals surface area contributed by atoms with Gasteiger partial charge >= 0.3 is 6.54 Å². The molecule has 0 N–H and O–H groups in total. The van der Waals surface area contributed by atoms with Gasteiger partial charge in [0.25, 0.3) is 0 Å². The summed E-state index contributed by atoms with van der Waals surface area (Å²) in [5.41, 5.74) is 1.06. The molecule has 23 heavy (non-hydrogen) atoms. The van der Waals surface area contributed by atoms with Gasteiger partial charge in [-0.1, -0.05) is 0 Å². The van der Waals surface area contributed by atoms with E-state index in [0.717, 1.165) is 24.9 Å². The van der Waals surface area contributed by atoms with Gasteiger partial charge in [0.05, 0.1) is 5.56 Å². The summed E-state index contributed by atoms with van der Waals surface area (Å²) in [6.07, 6.45) is 2.75. The molecule has 0 amide bonds. The maximum atomic E-state index is 13.4. The fraction of sp³-hybridized carbons (Fsp3) is 0.529. The highest BCUT2D eigenvalue weighted by molar-refractivity contribution is 5.81. The molecule has 0 radical (unpaired) electrons. The van der Waals surface area contributed by atoms with Crippen LogP contribution in [0.3, 0.4) is 0 Å². The van der Waals surface area contributed by atoms with Crippen LogP contribution in [0.5, 0.6) is 11.5 Å². The first-order valence-electron chi connectivity index (χ1n) is 7.81. The van der Waals surface area contributed by atoms with Gasteiger partial charge in [0.1, 0.15) is 11.9 Å². The van der Waals surface area contributed by atoms with Crippen molar-refractivity contribution in [2.45, 2.75) is 43.7 Å². The fourth-order valence-electron chi connectivity index (χ4n) is 4.32. The van der Waals surface area contributed by atoms with Crippen molar-refractivity contribution in [3.8, 4) is 17.6 Å². The molecule has 1 aliphatic carbocycles. The van der Waals surface area contributed by atoms with E-state index < -0.39 is 6.54 Å². The van der Waals surface area contributed by atoms with Gasteiger partial charge in [0.2, 0.25) is 0 Å². The molecule has 1 saturated heterocycles. The van der Waals surface area contributed by atoms with Crippen LogP contribution in [0.1, 0.15) is 36.8 Å². The molecule has 3 aliphatic rings. The standard InChI is InChI=1S/C17H17FN2O3/c1-20-5-4-17(3-2-12(21)8-14(17)20)11-6-10(9-19)15-13(7-11)22-16(18)23-15/h6-7,14,16H,2-5,8H2,1H3/t14-,16-,17-/m0/s1. The molecule has 3 atom stereocenters. The van der Waals surface area contributed by atoms with Gasteiger partial charge in [0, 0.05) is 24.3 Å². The van der Waals surface area contributed by atoms with Gasteiger partial charge in [-0.15, -0.1) is 0 Å². The number of Topliss-reactive ketones (excluding diaryl/α,β-unsaturated/α-hetero) is 1. The fourth-order valence-corrected chi connectivity index (χ4v) is 4.32. The normalized spacial score (nSPS) is 32.7. The minimum Gasteiger partial charge on any atom is -0.425 e. The molecule has 1 aromatic carbocycles. The Bertz CT molecular complexity index is 729. The van der Waals surface area contributed by atoms with Crippen molar-refractivity contribution < 1.29 is 18.7 Å². The molecule has 1 saturated carbocycles. The van der Waals surface area contributed by atoms with Crippen LogP contribution in [-0.4, -0.2) is 36.9 Å². The molecule has 2 heterocycles. The van der Waals surface area contributed by atoms with E-state index >= 15 is 0 Å². The van der Waals surface area contributed by atoms with E-state index in [1.807, 2.05) is 7.05 Å². The van der Waals surface area contributed by atoms with E-state index in [1.165, 1.54) is 0 Å². The lowest BCUT2D eigenvalue weighted by Crippen LogP contribution is -2.46. The first kappa shape index (κ1) is 14.5. The first-order valence-corrected chi connectivity index (χ1v) is 7.81. The molecule has 120 valence electrons. The predicted molar refractivity (Wildman–Crippen MR) is 78.9 cm³/mol. The number of alkyl halides is 1. The summed E-state index contributed by atoms with van der Waals surface area (Å²) in [7, 11) is 2.03. The van der Waals surface area contributed by atoms with Gasteiger partial charge in [-0.2, -0.15) is 9.65 Å². The Morgan fingerprint density at radius 2 is 2.22 bits per heavy atom. The molecule has 2 fully saturated rings. The number of carbonyl (C=O) groups excluding carboxylic acids is 1. The lowest BCUT2D eigenvalue weighted by molar-refractivity contribution is -0.122. The topological polar surface area (TPSA) is 62.6 Å². The third kappa shape index (κ3) is 2.03. The zero-order valence-electron chi connectivity index (χ0n) is 12.8. The second-order valence-electron chi connectivity index (χ2n) is 6.62. The lowest BCUT2D eigenvalue weighted by Gasteiger charge is -2.41.